The molecule has 0 aliphatic rings. The number of nitrogens with zero attached hydrogens (tertiary/aromatic N) is 4. The molecule has 1 aromatic heterocycles. The van der Waals surface area contributed by atoms with E-state index in [9.17, 15) is 22.8 Å². The maximum atomic E-state index is 13.7. The molecular formula is C29H31F3N6O3S. The maximum absolute atomic E-state index is 13.7. The first kappa shape index (κ1) is 32.2. The van der Waals surface area contributed by atoms with Gasteiger partial charge in [0.05, 0.1) is 30.1 Å². The molecule has 222 valence electrons. The summed E-state index contributed by atoms with van der Waals surface area (Å²) in [4.78, 5) is 31.2. The molecule has 13 heteroatoms. The fourth-order valence-electron chi connectivity index (χ4n) is 4.36. The number of halogens is 3. The Morgan fingerprint density at radius 2 is 1.93 bits per heavy atom. The Labute approximate surface area is 247 Å². The third-order valence-electron chi connectivity index (χ3n) is 6.46. The number of benzene rings is 2. The summed E-state index contributed by atoms with van der Waals surface area (Å²) in [7, 11) is 0. The molecule has 0 bridgehead atoms. The number of imidazole rings is 1. The van der Waals surface area contributed by atoms with Crippen LogP contribution in [-0.4, -0.2) is 51.1 Å². The van der Waals surface area contributed by atoms with E-state index in [1.165, 1.54) is 23.1 Å². The Morgan fingerprint density at radius 3 is 2.57 bits per heavy atom. The molecule has 42 heavy (non-hydrogen) atoms. The van der Waals surface area contributed by atoms with Gasteiger partial charge in [-0.3, -0.25) is 10.1 Å². The summed E-state index contributed by atoms with van der Waals surface area (Å²) >= 11 is 5.37. The summed E-state index contributed by atoms with van der Waals surface area (Å²) < 4.78 is 47.9. The molecule has 9 nitrogen and oxygen atoms in total. The lowest BCUT2D eigenvalue weighted by Crippen LogP contribution is -2.46. The number of Topliss-reactive ketones (excluding diaryl/α,β-unsaturated/α-hetero) is 1. The van der Waals surface area contributed by atoms with Crippen LogP contribution in [0.5, 0.6) is 0 Å². The Hall–Kier alpha value is -4.28. The summed E-state index contributed by atoms with van der Waals surface area (Å²) in [5.41, 5.74) is 6.97. The third kappa shape index (κ3) is 9.12. The van der Waals surface area contributed by atoms with Gasteiger partial charge in [0.2, 0.25) is 0 Å². The Balaban J connectivity index is 1.83. The van der Waals surface area contributed by atoms with Gasteiger partial charge in [-0.05, 0) is 61.4 Å². The van der Waals surface area contributed by atoms with Crippen LogP contribution in [0.3, 0.4) is 0 Å². The van der Waals surface area contributed by atoms with Crippen LogP contribution >= 0.6 is 12.2 Å². The number of aromatic nitrogens is 2. The van der Waals surface area contributed by atoms with Crippen molar-refractivity contribution < 1.29 is 27.5 Å². The number of hydrogen-bond acceptors (Lipinski definition) is 7. The van der Waals surface area contributed by atoms with Crippen molar-refractivity contribution in [1.82, 2.24) is 19.8 Å². The molecule has 0 saturated heterocycles. The molecule has 3 N–H and O–H groups in total. The van der Waals surface area contributed by atoms with Gasteiger partial charge in [0.25, 0.3) is 0 Å². The molecule has 0 aliphatic carbocycles. The number of thiocarbonyl (C=S) groups is 1. The van der Waals surface area contributed by atoms with Crippen LogP contribution in [-0.2, 0) is 35.2 Å². The number of carbonyl (C=O) groups is 2. The fraction of sp³-hybridized carbons (Fsp3) is 0.345. The van der Waals surface area contributed by atoms with E-state index in [2.05, 4.69) is 16.4 Å². The summed E-state index contributed by atoms with van der Waals surface area (Å²) in [5.74, 6) is -0.927. The van der Waals surface area contributed by atoms with Gasteiger partial charge in [-0.15, -0.1) is 0 Å². The van der Waals surface area contributed by atoms with E-state index in [-0.39, 0.29) is 55.5 Å². The summed E-state index contributed by atoms with van der Waals surface area (Å²) in [5, 5.41) is 11.2. The van der Waals surface area contributed by atoms with E-state index >= 15 is 0 Å². The number of alkyl halides is 3. The lowest BCUT2D eigenvalue weighted by molar-refractivity contribution is -0.138. The maximum Gasteiger partial charge on any atom is 0.416 e. The monoisotopic (exact) mass is 600 g/mol. The van der Waals surface area contributed by atoms with Crippen LogP contribution in [0.25, 0.3) is 0 Å². The highest BCUT2D eigenvalue weighted by Gasteiger charge is 2.34. The summed E-state index contributed by atoms with van der Waals surface area (Å²) in [6, 6.07) is 14.1. The lowest BCUT2D eigenvalue weighted by Gasteiger charge is -2.30. The first-order chi connectivity index (χ1) is 20.0. The van der Waals surface area contributed by atoms with E-state index in [4.69, 9.17) is 28.0 Å². The highest BCUT2D eigenvalue weighted by atomic mass is 32.1. The molecule has 0 unspecified atom stereocenters. The minimum Gasteiger partial charge on any atom is -0.450 e. The van der Waals surface area contributed by atoms with Crippen molar-refractivity contribution >= 4 is 29.2 Å². The predicted octanol–water partition coefficient (Wildman–Crippen LogP) is 4.43. The van der Waals surface area contributed by atoms with Crippen LogP contribution in [0.4, 0.5) is 18.0 Å². The average Bonchev–Trinajstić information content (AvgIpc) is 3.38. The molecule has 0 fully saturated rings. The molecular weight excluding hydrogens is 569 g/mol. The van der Waals surface area contributed by atoms with E-state index in [1.807, 2.05) is 16.7 Å². The number of carbonyl (C=O) groups excluding carboxylic acids is 2. The predicted molar refractivity (Wildman–Crippen MR) is 153 cm³/mol. The van der Waals surface area contributed by atoms with E-state index < -0.39 is 23.8 Å². The zero-order chi connectivity index (χ0) is 30.7. The van der Waals surface area contributed by atoms with Crippen LogP contribution < -0.4 is 11.1 Å². The number of ether oxygens (including phenoxy) is 1. The van der Waals surface area contributed by atoms with Crippen molar-refractivity contribution in [2.45, 2.75) is 39.0 Å². The highest BCUT2D eigenvalue weighted by molar-refractivity contribution is 7.80. The lowest BCUT2D eigenvalue weighted by atomic mass is 9.95. The topological polar surface area (TPSA) is 126 Å². The van der Waals surface area contributed by atoms with Crippen LogP contribution in [0.2, 0.25) is 0 Å². The number of hydrogen-bond donors (Lipinski definition) is 2. The fourth-order valence-corrected chi connectivity index (χ4v) is 4.58. The Bertz CT molecular complexity index is 1420. The number of nitrogens with one attached hydrogen (secondary N) is 1. The number of alkyl carbamates (subject to hydrolysis) is 1. The second-order valence-electron chi connectivity index (χ2n) is 9.43. The Kier molecular flexibility index (Phi) is 11.6. The van der Waals surface area contributed by atoms with Crippen LogP contribution in [0.15, 0.2) is 61.1 Å². The van der Waals surface area contributed by atoms with Crippen molar-refractivity contribution in [1.29, 1.82) is 5.26 Å². The second kappa shape index (κ2) is 15.1. The van der Waals surface area contributed by atoms with Gasteiger partial charge in [0, 0.05) is 43.9 Å². The molecule has 0 saturated carbocycles. The van der Waals surface area contributed by atoms with Gasteiger partial charge < -0.3 is 19.9 Å². The third-order valence-corrected chi connectivity index (χ3v) is 6.82. The molecule has 0 spiro atoms. The van der Waals surface area contributed by atoms with Gasteiger partial charge in [0.15, 0.2) is 5.11 Å². The molecule has 1 atom stereocenters. The Morgan fingerprint density at radius 1 is 1.21 bits per heavy atom. The van der Waals surface area contributed by atoms with Crippen molar-refractivity contribution in [3.8, 4) is 6.07 Å². The highest BCUT2D eigenvalue weighted by Crippen LogP contribution is 2.32. The summed E-state index contributed by atoms with van der Waals surface area (Å²) in [6.07, 6.45) is -2.07. The average molecular weight is 601 g/mol. The van der Waals surface area contributed by atoms with Crippen molar-refractivity contribution in [3.63, 3.8) is 0 Å². The number of rotatable bonds is 12. The van der Waals surface area contributed by atoms with Gasteiger partial charge in [-0.2, -0.15) is 18.4 Å². The van der Waals surface area contributed by atoms with Crippen molar-refractivity contribution in [2.75, 3.05) is 19.7 Å². The van der Waals surface area contributed by atoms with Gasteiger partial charge in [-0.1, -0.05) is 30.3 Å². The second-order valence-corrected chi connectivity index (χ2v) is 9.81. The zero-order valence-electron chi connectivity index (χ0n) is 22.9. The van der Waals surface area contributed by atoms with Crippen molar-refractivity contribution in [3.05, 3.63) is 89.0 Å². The van der Waals surface area contributed by atoms with E-state index in [0.29, 0.717) is 17.8 Å². The molecule has 3 rings (SSSR count). The normalized spacial score (nSPS) is 11.8. The van der Waals surface area contributed by atoms with E-state index in [1.54, 1.807) is 31.6 Å². The standard InChI is InChI=1S/C29H31F3N6O3S/c1-2-41-28(40)36-27(42)37(17-22-5-3-4-6-25(22)29(30,31)32)18-23(11-12-33)26(39)13-24-15-35-19-38(24)16-21-9-7-20(14-34)8-10-21/h3-10,15,19,23H,2,11-13,16-18,33H2,1H3,(H,36,40,42)/t23-/m0/s1. The van der Waals surface area contributed by atoms with Crippen molar-refractivity contribution in [2.24, 2.45) is 11.7 Å². The quantitative estimate of drug-likeness (QED) is 0.293. The van der Waals surface area contributed by atoms with E-state index in [0.717, 1.165) is 11.6 Å². The molecule has 1 heterocycles. The molecule has 0 radical (unpaired) electrons. The largest absolute Gasteiger partial charge is 0.450 e. The molecule has 1 amide bonds. The number of ketones is 1. The van der Waals surface area contributed by atoms with Crippen LogP contribution in [0.1, 0.15) is 41.3 Å². The van der Waals surface area contributed by atoms with Gasteiger partial charge >= 0.3 is 12.3 Å². The smallest absolute Gasteiger partial charge is 0.416 e. The zero-order valence-corrected chi connectivity index (χ0v) is 23.8. The number of nitriles is 1. The number of nitrogens with two attached hydrogens (primary N) is 1. The molecule has 2 aromatic carbocycles. The first-order valence-electron chi connectivity index (χ1n) is 13.1. The minimum atomic E-state index is -4.61. The summed E-state index contributed by atoms with van der Waals surface area (Å²) in [6.45, 7) is 1.83. The number of amides is 1. The van der Waals surface area contributed by atoms with Gasteiger partial charge in [0.1, 0.15) is 5.78 Å². The van der Waals surface area contributed by atoms with Crippen LogP contribution in [0, 0.1) is 17.2 Å². The van der Waals surface area contributed by atoms with Gasteiger partial charge in [-0.25, -0.2) is 9.78 Å². The first-order valence-corrected chi connectivity index (χ1v) is 13.5. The molecule has 3 aromatic rings. The SMILES string of the molecule is CCOC(=O)NC(=S)N(Cc1ccccc1C(F)(F)F)C[C@H](CCN)C(=O)Cc1cncn1Cc1ccc(C#N)cc1. The molecule has 0 aliphatic heterocycles. The minimum absolute atomic E-state index is 0.00795.